The first-order valence-corrected chi connectivity index (χ1v) is 11.8. The average molecular weight is 477 g/mol. The number of aryl methyl sites for hydroxylation is 2. The van der Waals surface area contributed by atoms with Crippen LogP contribution in [0.1, 0.15) is 29.1 Å². The third-order valence-electron chi connectivity index (χ3n) is 4.86. The van der Waals surface area contributed by atoms with Crippen molar-refractivity contribution in [2.45, 2.75) is 43.4 Å². The zero-order valence-corrected chi connectivity index (χ0v) is 18.9. The Morgan fingerprint density at radius 2 is 2.07 bits per heavy atom. The van der Waals surface area contributed by atoms with Crippen LogP contribution >= 0.6 is 39.0 Å². The van der Waals surface area contributed by atoms with Crippen LogP contribution in [-0.4, -0.2) is 28.5 Å². The van der Waals surface area contributed by atoms with Crippen molar-refractivity contribution in [1.82, 2.24) is 15.3 Å². The Morgan fingerprint density at radius 3 is 2.79 bits per heavy atom. The molecule has 0 saturated carbocycles. The molecule has 1 fully saturated rings. The molecule has 4 rings (SSSR count). The lowest BCUT2D eigenvalue weighted by atomic mass is 10.1. The standard InChI is InChI=1S/C20H21BrN4OS2/c1-11-12(2)28-20-18(11)19(23-14-5-8-17(26)22-9-14)24-16(25-20)10-27-15-6-3-13(21)4-7-15/h3-4,6-7,14H,5,8-10H2,1-2H3,(H,22,26)(H,23,24,25)/t14-/m1/s1. The van der Waals surface area contributed by atoms with Gasteiger partial charge in [0.05, 0.1) is 11.1 Å². The van der Waals surface area contributed by atoms with Gasteiger partial charge in [-0.2, -0.15) is 0 Å². The molecule has 28 heavy (non-hydrogen) atoms. The fraction of sp³-hybridized carbons (Fsp3) is 0.350. The normalized spacial score (nSPS) is 17.0. The molecule has 0 spiro atoms. The quantitative estimate of drug-likeness (QED) is 0.504. The number of aromatic nitrogens is 2. The Bertz CT molecular complexity index is 1010. The molecular formula is C20H21BrN4OS2. The molecule has 1 aliphatic rings. The Balaban J connectivity index is 1.60. The summed E-state index contributed by atoms with van der Waals surface area (Å²) in [6, 6.07) is 8.47. The fourth-order valence-electron chi connectivity index (χ4n) is 3.19. The van der Waals surface area contributed by atoms with Crippen molar-refractivity contribution < 1.29 is 4.79 Å². The Hall–Kier alpha value is -1.64. The molecule has 1 amide bonds. The van der Waals surface area contributed by atoms with Crippen molar-refractivity contribution in [2.24, 2.45) is 0 Å². The van der Waals surface area contributed by atoms with Gasteiger partial charge in [0.2, 0.25) is 5.91 Å². The van der Waals surface area contributed by atoms with Crippen LogP contribution in [0.4, 0.5) is 5.82 Å². The summed E-state index contributed by atoms with van der Waals surface area (Å²) in [7, 11) is 0. The van der Waals surface area contributed by atoms with E-state index in [0.29, 0.717) is 18.7 Å². The van der Waals surface area contributed by atoms with Crippen LogP contribution in [0.25, 0.3) is 10.2 Å². The highest BCUT2D eigenvalue weighted by atomic mass is 79.9. The van der Waals surface area contributed by atoms with Gasteiger partial charge >= 0.3 is 0 Å². The molecule has 1 aliphatic heterocycles. The van der Waals surface area contributed by atoms with E-state index in [2.05, 4.69) is 52.5 Å². The number of rotatable bonds is 5. The summed E-state index contributed by atoms with van der Waals surface area (Å²) in [5, 5.41) is 7.61. The summed E-state index contributed by atoms with van der Waals surface area (Å²) in [5.41, 5.74) is 1.23. The minimum absolute atomic E-state index is 0.125. The predicted octanol–water partition coefficient (Wildman–Crippen LogP) is 5.05. The first-order valence-electron chi connectivity index (χ1n) is 9.18. The number of anilines is 1. The molecule has 1 aromatic carbocycles. The van der Waals surface area contributed by atoms with E-state index >= 15 is 0 Å². The number of benzene rings is 1. The van der Waals surface area contributed by atoms with Crippen LogP contribution in [0.3, 0.4) is 0 Å². The van der Waals surface area contributed by atoms with Gasteiger partial charge in [-0.3, -0.25) is 4.79 Å². The van der Waals surface area contributed by atoms with Crippen LogP contribution in [0.5, 0.6) is 0 Å². The summed E-state index contributed by atoms with van der Waals surface area (Å²) in [6.07, 6.45) is 1.38. The maximum absolute atomic E-state index is 11.5. The number of piperidine rings is 1. The Morgan fingerprint density at radius 1 is 1.29 bits per heavy atom. The summed E-state index contributed by atoms with van der Waals surface area (Å²) in [6.45, 7) is 4.89. The summed E-state index contributed by atoms with van der Waals surface area (Å²) in [5.74, 6) is 2.55. The molecule has 0 unspecified atom stereocenters. The molecule has 0 radical (unpaired) electrons. The first-order chi connectivity index (χ1) is 13.5. The second-order valence-corrected chi connectivity index (χ2v) is 10.0. The SMILES string of the molecule is Cc1sc2nc(CSc3ccc(Br)cc3)nc(N[C@@H]3CCC(=O)NC3)c2c1C. The highest BCUT2D eigenvalue weighted by Crippen LogP contribution is 2.35. The van der Waals surface area contributed by atoms with Crippen molar-refractivity contribution in [3.8, 4) is 0 Å². The van der Waals surface area contributed by atoms with E-state index in [1.807, 2.05) is 12.1 Å². The summed E-state index contributed by atoms with van der Waals surface area (Å²) in [4.78, 5) is 24.6. The molecule has 1 saturated heterocycles. The molecule has 8 heteroatoms. The number of hydrogen-bond acceptors (Lipinski definition) is 6. The number of carbonyl (C=O) groups is 1. The number of thiophene rings is 1. The molecule has 3 heterocycles. The largest absolute Gasteiger partial charge is 0.365 e. The van der Waals surface area contributed by atoms with E-state index in [-0.39, 0.29) is 11.9 Å². The van der Waals surface area contributed by atoms with Crippen molar-refractivity contribution in [3.05, 3.63) is 45.0 Å². The summed E-state index contributed by atoms with van der Waals surface area (Å²) >= 11 is 6.92. The highest BCUT2D eigenvalue weighted by Gasteiger charge is 2.21. The van der Waals surface area contributed by atoms with E-state index in [1.165, 1.54) is 15.3 Å². The van der Waals surface area contributed by atoms with Gasteiger partial charge in [-0.1, -0.05) is 15.9 Å². The fourth-order valence-corrected chi connectivity index (χ4v) is 5.26. The molecule has 2 N–H and O–H groups in total. The molecular weight excluding hydrogens is 456 g/mol. The molecule has 5 nitrogen and oxygen atoms in total. The predicted molar refractivity (Wildman–Crippen MR) is 120 cm³/mol. The maximum Gasteiger partial charge on any atom is 0.220 e. The summed E-state index contributed by atoms with van der Waals surface area (Å²) < 4.78 is 1.07. The zero-order chi connectivity index (χ0) is 19.7. The lowest BCUT2D eigenvalue weighted by Crippen LogP contribution is -2.42. The van der Waals surface area contributed by atoms with E-state index < -0.39 is 0 Å². The van der Waals surface area contributed by atoms with E-state index in [4.69, 9.17) is 9.97 Å². The minimum Gasteiger partial charge on any atom is -0.365 e. The third kappa shape index (κ3) is 4.34. The van der Waals surface area contributed by atoms with Crippen molar-refractivity contribution in [3.63, 3.8) is 0 Å². The van der Waals surface area contributed by atoms with Gasteiger partial charge in [0.1, 0.15) is 16.5 Å². The van der Waals surface area contributed by atoms with Crippen molar-refractivity contribution in [1.29, 1.82) is 0 Å². The van der Waals surface area contributed by atoms with Crippen LogP contribution < -0.4 is 10.6 Å². The molecule has 2 aromatic heterocycles. The van der Waals surface area contributed by atoms with Crippen molar-refractivity contribution >= 4 is 61.0 Å². The second kappa shape index (κ2) is 8.39. The zero-order valence-electron chi connectivity index (χ0n) is 15.7. The van der Waals surface area contributed by atoms with Gasteiger partial charge in [0.15, 0.2) is 0 Å². The number of hydrogen-bond donors (Lipinski definition) is 2. The van der Waals surface area contributed by atoms with E-state index in [9.17, 15) is 4.79 Å². The third-order valence-corrected chi connectivity index (χ3v) is 7.50. The Kier molecular flexibility index (Phi) is 5.89. The van der Waals surface area contributed by atoms with Gasteiger partial charge in [-0.05, 0) is 50.1 Å². The number of carbonyl (C=O) groups excluding carboxylic acids is 1. The smallest absolute Gasteiger partial charge is 0.220 e. The molecule has 3 aromatic rings. The lowest BCUT2D eigenvalue weighted by Gasteiger charge is -2.24. The number of fused-ring (bicyclic) bond motifs is 1. The number of halogens is 1. The number of nitrogens with zero attached hydrogens (tertiary/aromatic N) is 2. The van der Waals surface area contributed by atoms with Crippen molar-refractivity contribution in [2.75, 3.05) is 11.9 Å². The Labute approximate surface area is 180 Å². The van der Waals surface area contributed by atoms with Gasteiger partial charge in [0, 0.05) is 33.3 Å². The van der Waals surface area contributed by atoms with Gasteiger partial charge < -0.3 is 10.6 Å². The van der Waals surface area contributed by atoms with Gasteiger partial charge in [-0.15, -0.1) is 23.1 Å². The van der Waals surface area contributed by atoms with E-state index in [0.717, 1.165) is 32.8 Å². The molecule has 1 atom stereocenters. The molecule has 0 aliphatic carbocycles. The number of thioether (sulfide) groups is 1. The maximum atomic E-state index is 11.5. The van der Waals surface area contributed by atoms with E-state index in [1.54, 1.807) is 23.1 Å². The van der Waals surface area contributed by atoms with Crippen LogP contribution in [0.15, 0.2) is 33.6 Å². The average Bonchev–Trinajstić information content (AvgIpc) is 2.97. The second-order valence-electron chi connectivity index (χ2n) is 6.88. The molecule has 146 valence electrons. The van der Waals surface area contributed by atoms with Crippen LogP contribution in [0, 0.1) is 13.8 Å². The monoisotopic (exact) mass is 476 g/mol. The highest BCUT2D eigenvalue weighted by molar-refractivity contribution is 9.10. The first kappa shape index (κ1) is 19.7. The van der Waals surface area contributed by atoms with Gasteiger partial charge in [0.25, 0.3) is 0 Å². The lowest BCUT2D eigenvalue weighted by molar-refractivity contribution is -0.122. The minimum atomic E-state index is 0.125. The topological polar surface area (TPSA) is 66.9 Å². The van der Waals surface area contributed by atoms with Crippen LogP contribution in [-0.2, 0) is 10.5 Å². The molecule has 0 bridgehead atoms. The number of nitrogens with one attached hydrogen (secondary N) is 2. The van der Waals surface area contributed by atoms with Crippen LogP contribution in [0.2, 0.25) is 0 Å². The van der Waals surface area contributed by atoms with Gasteiger partial charge in [-0.25, -0.2) is 9.97 Å². The number of amides is 1.